The number of benzene rings is 4. The van der Waals surface area contributed by atoms with Gasteiger partial charge in [0.05, 0.1) is 15.9 Å². The standard InChI is InChI=1S/C31H30ClNO5S/c1-23(34)38-28-12-16-30(17-13-28)39(36,37)29-14-10-24(11-15-29)18-19-33(21-25-6-3-2-4-7-25)22-31(35)26-8-5-9-27(32)20-26/h2-17,20,31,35H,18-19,21-22H2,1H3. The number of aliphatic hydroxyl groups excluding tert-OH is 1. The molecule has 0 saturated heterocycles. The zero-order valence-corrected chi connectivity index (χ0v) is 23.1. The molecule has 0 bridgehead atoms. The molecule has 0 aliphatic carbocycles. The molecule has 39 heavy (non-hydrogen) atoms. The Labute approximate surface area is 234 Å². The van der Waals surface area contributed by atoms with Gasteiger partial charge in [0.25, 0.3) is 0 Å². The van der Waals surface area contributed by atoms with Crippen LogP contribution in [0.1, 0.15) is 29.7 Å². The molecule has 0 saturated carbocycles. The average molecular weight is 564 g/mol. The molecule has 0 radical (unpaired) electrons. The van der Waals surface area contributed by atoms with Crippen LogP contribution in [-0.4, -0.2) is 37.5 Å². The number of halogens is 1. The van der Waals surface area contributed by atoms with Crippen LogP contribution in [0.3, 0.4) is 0 Å². The third kappa shape index (κ3) is 8.00. The first-order valence-electron chi connectivity index (χ1n) is 12.5. The lowest BCUT2D eigenvalue weighted by molar-refractivity contribution is -0.131. The van der Waals surface area contributed by atoms with Crippen molar-refractivity contribution in [2.75, 3.05) is 13.1 Å². The molecule has 4 rings (SSSR count). The number of nitrogens with zero attached hydrogens (tertiary/aromatic N) is 1. The van der Waals surface area contributed by atoms with Gasteiger partial charge >= 0.3 is 5.97 Å². The lowest BCUT2D eigenvalue weighted by atomic mass is 10.1. The van der Waals surface area contributed by atoms with Gasteiger partial charge in [-0.05, 0) is 71.6 Å². The van der Waals surface area contributed by atoms with E-state index in [4.69, 9.17) is 16.3 Å². The Morgan fingerprint density at radius 3 is 2.13 bits per heavy atom. The van der Waals surface area contributed by atoms with Gasteiger partial charge in [-0.25, -0.2) is 8.42 Å². The van der Waals surface area contributed by atoms with Gasteiger partial charge in [-0.1, -0.05) is 66.2 Å². The van der Waals surface area contributed by atoms with Crippen molar-refractivity contribution in [2.45, 2.75) is 35.8 Å². The second-order valence-corrected chi connectivity index (χ2v) is 11.6. The lowest BCUT2D eigenvalue weighted by Crippen LogP contribution is -2.30. The van der Waals surface area contributed by atoms with Gasteiger partial charge in [0.1, 0.15) is 5.75 Å². The number of carbonyl (C=O) groups excluding carboxylic acids is 1. The molecule has 0 amide bonds. The molecule has 1 atom stereocenters. The summed E-state index contributed by atoms with van der Waals surface area (Å²) in [5.74, 6) is -0.181. The van der Waals surface area contributed by atoms with Crippen molar-refractivity contribution in [1.29, 1.82) is 0 Å². The van der Waals surface area contributed by atoms with Gasteiger partial charge < -0.3 is 9.84 Å². The highest BCUT2D eigenvalue weighted by Gasteiger charge is 2.19. The van der Waals surface area contributed by atoms with Crippen molar-refractivity contribution < 1.29 is 23.1 Å². The number of hydrogen-bond acceptors (Lipinski definition) is 6. The maximum atomic E-state index is 13.1. The molecule has 8 heteroatoms. The highest BCUT2D eigenvalue weighted by atomic mass is 35.5. The van der Waals surface area contributed by atoms with E-state index >= 15 is 0 Å². The van der Waals surface area contributed by atoms with E-state index in [9.17, 15) is 18.3 Å². The molecule has 0 aliphatic rings. The van der Waals surface area contributed by atoms with Crippen LogP contribution in [0.2, 0.25) is 5.02 Å². The summed E-state index contributed by atoms with van der Waals surface area (Å²) in [5, 5.41) is 11.5. The number of aliphatic hydroxyl groups is 1. The molecule has 1 unspecified atom stereocenters. The van der Waals surface area contributed by atoms with Crippen LogP contribution >= 0.6 is 11.6 Å². The fourth-order valence-corrected chi connectivity index (χ4v) is 5.71. The molecule has 1 N–H and O–H groups in total. The van der Waals surface area contributed by atoms with E-state index in [0.29, 0.717) is 31.1 Å². The van der Waals surface area contributed by atoms with Gasteiger partial charge in [-0.2, -0.15) is 0 Å². The lowest BCUT2D eigenvalue weighted by Gasteiger charge is -2.25. The Morgan fingerprint density at radius 2 is 1.51 bits per heavy atom. The second kappa shape index (κ2) is 13.0. The molecule has 6 nitrogen and oxygen atoms in total. The van der Waals surface area contributed by atoms with Crippen molar-refractivity contribution in [1.82, 2.24) is 4.90 Å². The number of hydrogen-bond donors (Lipinski definition) is 1. The van der Waals surface area contributed by atoms with Gasteiger partial charge in [-0.3, -0.25) is 9.69 Å². The predicted octanol–water partition coefficient (Wildman–Crippen LogP) is 5.88. The Morgan fingerprint density at radius 1 is 0.872 bits per heavy atom. The molecule has 0 aromatic heterocycles. The van der Waals surface area contributed by atoms with Crippen LogP contribution in [0, 0.1) is 0 Å². The van der Waals surface area contributed by atoms with Crippen molar-refractivity contribution in [3.63, 3.8) is 0 Å². The smallest absolute Gasteiger partial charge is 0.308 e. The van der Waals surface area contributed by atoms with Crippen LogP contribution in [0.4, 0.5) is 0 Å². The minimum atomic E-state index is -3.72. The van der Waals surface area contributed by atoms with Gasteiger partial charge in [-0.15, -0.1) is 0 Å². The SMILES string of the molecule is CC(=O)Oc1ccc(S(=O)(=O)c2ccc(CCN(Cc3ccccc3)CC(O)c3cccc(Cl)c3)cc2)cc1. The Balaban J connectivity index is 1.44. The second-order valence-electron chi connectivity index (χ2n) is 9.25. The quantitative estimate of drug-likeness (QED) is 0.181. The molecule has 0 aliphatic heterocycles. The summed E-state index contributed by atoms with van der Waals surface area (Å²) >= 11 is 6.12. The number of carbonyl (C=O) groups is 1. The molecular formula is C31H30ClNO5S. The monoisotopic (exact) mass is 563 g/mol. The summed E-state index contributed by atoms with van der Waals surface area (Å²) in [6.07, 6.45) is -0.0286. The zero-order valence-electron chi connectivity index (χ0n) is 21.5. The van der Waals surface area contributed by atoms with E-state index in [1.54, 1.807) is 24.3 Å². The first kappa shape index (κ1) is 28.5. The topological polar surface area (TPSA) is 83.9 Å². The largest absolute Gasteiger partial charge is 0.427 e. The molecule has 4 aromatic rings. The maximum Gasteiger partial charge on any atom is 0.308 e. The number of rotatable bonds is 11. The minimum Gasteiger partial charge on any atom is -0.427 e. The summed E-state index contributed by atoms with van der Waals surface area (Å²) < 4.78 is 31.1. The van der Waals surface area contributed by atoms with E-state index in [1.165, 1.54) is 31.2 Å². The van der Waals surface area contributed by atoms with Crippen molar-refractivity contribution in [3.05, 3.63) is 125 Å². The summed E-state index contributed by atoms with van der Waals surface area (Å²) in [6.45, 7) is 3.03. The van der Waals surface area contributed by atoms with E-state index in [0.717, 1.165) is 16.7 Å². The Bertz CT molecular complexity index is 1490. The zero-order chi connectivity index (χ0) is 27.8. The molecule has 202 valence electrons. The first-order chi connectivity index (χ1) is 18.7. The van der Waals surface area contributed by atoms with Gasteiger partial charge in [0.2, 0.25) is 9.84 Å². The van der Waals surface area contributed by atoms with Crippen LogP contribution in [0.5, 0.6) is 5.75 Å². The van der Waals surface area contributed by atoms with E-state index < -0.39 is 21.9 Å². The molecule has 0 heterocycles. The highest BCUT2D eigenvalue weighted by Crippen LogP contribution is 2.24. The fraction of sp³-hybridized carbons (Fsp3) is 0.194. The Kier molecular flexibility index (Phi) is 9.54. The van der Waals surface area contributed by atoms with Crippen LogP contribution < -0.4 is 4.74 Å². The highest BCUT2D eigenvalue weighted by molar-refractivity contribution is 7.91. The molecule has 0 spiro atoms. The summed E-state index contributed by atoms with van der Waals surface area (Å²) in [7, 11) is -3.72. The average Bonchev–Trinajstić information content (AvgIpc) is 2.92. The van der Waals surface area contributed by atoms with E-state index in [2.05, 4.69) is 17.0 Å². The minimum absolute atomic E-state index is 0.121. The summed E-state index contributed by atoms with van der Waals surface area (Å²) in [6, 6.07) is 29.9. The van der Waals surface area contributed by atoms with E-state index in [1.807, 2.05) is 42.5 Å². The number of ether oxygens (including phenoxy) is 1. The maximum absolute atomic E-state index is 13.1. The van der Waals surface area contributed by atoms with Gasteiger partial charge in [0, 0.05) is 31.6 Å². The van der Waals surface area contributed by atoms with Crippen LogP contribution in [-0.2, 0) is 27.6 Å². The third-order valence-electron chi connectivity index (χ3n) is 6.26. The van der Waals surface area contributed by atoms with Crippen molar-refractivity contribution >= 4 is 27.4 Å². The first-order valence-corrected chi connectivity index (χ1v) is 14.4. The summed E-state index contributed by atoms with van der Waals surface area (Å²) in [4.78, 5) is 13.6. The normalized spacial score (nSPS) is 12.3. The Hall–Kier alpha value is -3.49. The van der Waals surface area contributed by atoms with Gasteiger partial charge in [0.15, 0.2) is 0 Å². The fourth-order valence-electron chi connectivity index (χ4n) is 4.25. The third-order valence-corrected chi connectivity index (χ3v) is 8.28. The predicted molar refractivity (Wildman–Crippen MR) is 151 cm³/mol. The number of esters is 1. The van der Waals surface area contributed by atoms with E-state index in [-0.39, 0.29) is 15.5 Å². The van der Waals surface area contributed by atoms with Crippen molar-refractivity contribution in [3.8, 4) is 5.75 Å². The van der Waals surface area contributed by atoms with Crippen LogP contribution in [0.15, 0.2) is 113 Å². The van der Waals surface area contributed by atoms with Crippen LogP contribution in [0.25, 0.3) is 0 Å². The molecule has 0 fully saturated rings. The molecule has 4 aromatic carbocycles. The van der Waals surface area contributed by atoms with Crippen molar-refractivity contribution in [2.24, 2.45) is 0 Å². The number of sulfone groups is 1. The summed E-state index contributed by atoms with van der Waals surface area (Å²) in [5.41, 5.74) is 2.88. The molecular weight excluding hydrogens is 534 g/mol.